The van der Waals surface area contributed by atoms with E-state index in [-0.39, 0.29) is 48.8 Å². The van der Waals surface area contributed by atoms with Gasteiger partial charge in [0.2, 0.25) is 11.8 Å². The van der Waals surface area contributed by atoms with Crippen molar-refractivity contribution in [3.05, 3.63) is 12.0 Å². The first-order valence-electron chi connectivity index (χ1n) is 18.0. The third-order valence-corrected chi connectivity index (χ3v) is 10.9. The maximum absolute atomic E-state index is 13.7. The number of aliphatic hydroxyl groups is 2. The first-order chi connectivity index (χ1) is 22.8. The van der Waals surface area contributed by atoms with Crippen LogP contribution in [0, 0.1) is 23.7 Å². The summed E-state index contributed by atoms with van der Waals surface area (Å²) < 4.78 is 38.4. The Kier molecular flexibility index (Phi) is 12.8. The molecule has 0 aromatic rings. The van der Waals surface area contributed by atoms with E-state index in [4.69, 9.17) is 28.4 Å². The average molecular weight is 698 g/mol. The Bertz CT molecular complexity index is 1180. The van der Waals surface area contributed by atoms with Gasteiger partial charge in [0.25, 0.3) is 0 Å². The molecule has 0 bridgehead atoms. The van der Waals surface area contributed by atoms with E-state index in [1.165, 1.54) is 7.11 Å². The molecule has 282 valence electrons. The van der Waals surface area contributed by atoms with E-state index in [2.05, 4.69) is 30.1 Å². The number of nitrogens with one attached hydrogen (secondary N) is 1. The molecule has 3 N–H and O–H groups in total. The number of rotatable bonds is 6. The number of ether oxygens (including phenoxy) is 6. The molecule has 13 heteroatoms. The quantitative estimate of drug-likeness (QED) is 0.376. The van der Waals surface area contributed by atoms with Crippen molar-refractivity contribution >= 4 is 11.8 Å². The number of fused-ring (bicyclic) bond motifs is 1. The van der Waals surface area contributed by atoms with E-state index in [9.17, 15) is 19.8 Å². The smallest absolute Gasteiger partial charge is 0.241 e. The molecule has 0 aliphatic carbocycles. The van der Waals surface area contributed by atoms with Gasteiger partial charge in [0, 0.05) is 40.1 Å². The maximum Gasteiger partial charge on any atom is 0.241 e. The Hall–Kier alpha value is -2.00. The lowest BCUT2D eigenvalue weighted by Gasteiger charge is -2.48. The number of hydrogen-bond donors (Lipinski definition) is 3. The van der Waals surface area contributed by atoms with E-state index < -0.39 is 66.1 Å². The van der Waals surface area contributed by atoms with Gasteiger partial charge in [0.15, 0.2) is 24.6 Å². The molecule has 4 aliphatic heterocycles. The van der Waals surface area contributed by atoms with Crippen molar-refractivity contribution in [3.8, 4) is 0 Å². The van der Waals surface area contributed by atoms with Crippen LogP contribution in [0.25, 0.3) is 0 Å². The molecule has 4 saturated heterocycles. The van der Waals surface area contributed by atoms with Crippen LogP contribution in [0.15, 0.2) is 12.0 Å². The molecule has 0 unspecified atom stereocenters. The number of nitrogens with zero attached hydrogens (tertiary/aromatic N) is 2. The van der Waals surface area contributed by atoms with Crippen molar-refractivity contribution in [1.82, 2.24) is 15.1 Å². The van der Waals surface area contributed by atoms with Gasteiger partial charge in [-0.05, 0) is 58.4 Å². The van der Waals surface area contributed by atoms with Crippen molar-refractivity contribution < 1.29 is 48.2 Å². The summed E-state index contributed by atoms with van der Waals surface area (Å²) >= 11 is 0. The van der Waals surface area contributed by atoms with Crippen molar-refractivity contribution in [1.29, 1.82) is 0 Å². The zero-order valence-corrected chi connectivity index (χ0v) is 31.7. The summed E-state index contributed by atoms with van der Waals surface area (Å²) in [6, 6.07) is -0.000581. The van der Waals surface area contributed by atoms with Crippen LogP contribution < -0.4 is 5.32 Å². The Labute approximate surface area is 292 Å². The number of hydrogen-bond acceptors (Lipinski definition) is 11. The molecule has 0 spiro atoms. The lowest BCUT2D eigenvalue weighted by molar-refractivity contribution is -0.313. The fourth-order valence-corrected chi connectivity index (χ4v) is 8.15. The maximum atomic E-state index is 13.7. The highest BCUT2D eigenvalue weighted by Gasteiger charge is 2.53. The largest absolute Gasteiger partial charge is 0.468 e. The second kappa shape index (κ2) is 15.7. The Morgan fingerprint density at radius 1 is 1.04 bits per heavy atom. The standard InChI is InChI=1S/C36H63N3O10/c1-19(2)13-27-39(11)25-14-21(4)45-34(30(25)47-27)49-32-22(5)29(48-28-16-36(9,44-12)31(41)24(7)46-28)23(6)33(42)37-17-26(40)38(10)18-20(3)15-35(32,8)43/h13,19-25,28-32,34,41,43H,14-18H2,1-12H3,(H,37,42)/b27-13-/t20-,21-,22+,23-,24+,25+,28+,29+,30-,31+,32-,34+,35-,36-/m1/s1. The molecule has 4 heterocycles. The average Bonchev–Trinajstić information content (AvgIpc) is 3.31. The van der Waals surface area contributed by atoms with E-state index in [0.717, 1.165) is 12.3 Å². The second-order valence-corrected chi connectivity index (χ2v) is 16.0. The summed E-state index contributed by atoms with van der Waals surface area (Å²) in [5.41, 5.74) is -2.41. The highest BCUT2D eigenvalue weighted by Crippen LogP contribution is 2.41. The van der Waals surface area contributed by atoms with E-state index in [0.29, 0.717) is 13.0 Å². The first kappa shape index (κ1) is 39.8. The number of allylic oxidation sites excluding steroid dienone is 1. The van der Waals surface area contributed by atoms with Gasteiger partial charge in [0.05, 0.1) is 54.1 Å². The highest BCUT2D eigenvalue weighted by atomic mass is 16.7. The number of methoxy groups -OCH3 is 1. The molecule has 0 saturated carbocycles. The summed E-state index contributed by atoms with van der Waals surface area (Å²) in [7, 11) is 5.25. The first-order valence-corrected chi connectivity index (χ1v) is 18.0. The molecule has 13 nitrogen and oxygen atoms in total. The lowest BCUT2D eigenvalue weighted by Crippen LogP contribution is -2.60. The molecule has 0 aromatic carbocycles. The molecular formula is C36H63N3O10. The molecule has 14 atom stereocenters. The third-order valence-electron chi connectivity index (χ3n) is 10.9. The van der Waals surface area contributed by atoms with Gasteiger partial charge in [-0.15, -0.1) is 0 Å². The van der Waals surface area contributed by atoms with Crippen LogP contribution in [0.1, 0.15) is 81.6 Å². The molecule has 0 aromatic heterocycles. The van der Waals surface area contributed by atoms with Crippen LogP contribution in [0.4, 0.5) is 0 Å². The van der Waals surface area contributed by atoms with Gasteiger partial charge < -0.3 is 53.8 Å². The van der Waals surface area contributed by atoms with Gasteiger partial charge in [-0.1, -0.05) is 34.6 Å². The summed E-state index contributed by atoms with van der Waals surface area (Å²) in [5.74, 6) is -1.07. The lowest BCUT2D eigenvalue weighted by atomic mass is 9.77. The Balaban J connectivity index is 1.75. The number of amides is 2. The number of carbonyl (C=O) groups excluding carboxylic acids is 2. The van der Waals surface area contributed by atoms with Crippen LogP contribution in [0.3, 0.4) is 0 Å². The number of carbonyl (C=O) groups is 2. The van der Waals surface area contributed by atoms with E-state index in [1.807, 2.05) is 27.8 Å². The van der Waals surface area contributed by atoms with Gasteiger partial charge >= 0.3 is 0 Å². The number of aliphatic hydroxyl groups excluding tert-OH is 1. The van der Waals surface area contributed by atoms with Crippen LogP contribution in [0.2, 0.25) is 0 Å². The van der Waals surface area contributed by atoms with Gasteiger partial charge in [-0.25, -0.2) is 0 Å². The summed E-state index contributed by atoms with van der Waals surface area (Å²) in [6.07, 6.45) is -2.20. The predicted octanol–water partition coefficient (Wildman–Crippen LogP) is 2.63. The predicted molar refractivity (Wildman–Crippen MR) is 182 cm³/mol. The minimum Gasteiger partial charge on any atom is -0.468 e. The molecule has 0 radical (unpaired) electrons. The van der Waals surface area contributed by atoms with Crippen LogP contribution in [-0.2, 0) is 38.0 Å². The molecule has 4 aliphatic rings. The Morgan fingerprint density at radius 3 is 2.35 bits per heavy atom. The van der Waals surface area contributed by atoms with Crippen LogP contribution >= 0.6 is 0 Å². The van der Waals surface area contributed by atoms with E-state index >= 15 is 0 Å². The molecule has 2 amide bonds. The van der Waals surface area contributed by atoms with Crippen LogP contribution in [-0.4, -0.2) is 133 Å². The SMILES string of the molecule is CO[C@]1(C)C[C@H](O[C@H]2[C@H](C)[C@@H](O[C@@H]3O[C@H](C)C[C@H]4[C@H]3O/C(=C\C(C)C)N4C)[C@](C)(O)C[C@@H](C)CN(C)C(=O)CNC(=O)[C@@H]2C)O[C@@H](C)[C@@H]1O. The fraction of sp³-hybridized carbons (Fsp3) is 0.889. The molecule has 4 rings (SSSR count). The van der Waals surface area contributed by atoms with Gasteiger partial charge in [0.1, 0.15) is 6.10 Å². The topological polar surface area (TPSA) is 148 Å². The monoisotopic (exact) mass is 697 g/mol. The van der Waals surface area contributed by atoms with Crippen molar-refractivity contribution in [2.45, 2.75) is 148 Å². The highest BCUT2D eigenvalue weighted by molar-refractivity contribution is 5.85. The molecule has 49 heavy (non-hydrogen) atoms. The van der Waals surface area contributed by atoms with Crippen LogP contribution in [0.5, 0.6) is 0 Å². The van der Waals surface area contributed by atoms with Crippen molar-refractivity contribution in [2.75, 3.05) is 34.3 Å². The molecule has 4 fully saturated rings. The zero-order valence-electron chi connectivity index (χ0n) is 31.7. The Morgan fingerprint density at radius 2 is 1.71 bits per heavy atom. The van der Waals surface area contributed by atoms with Gasteiger partial charge in [-0.2, -0.15) is 0 Å². The second-order valence-electron chi connectivity index (χ2n) is 16.0. The van der Waals surface area contributed by atoms with Crippen molar-refractivity contribution in [2.24, 2.45) is 23.7 Å². The fourth-order valence-electron chi connectivity index (χ4n) is 8.15. The van der Waals surface area contributed by atoms with E-state index in [1.54, 1.807) is 39.6 Å². The molecular weight excluding hydrogens is 634 g/mol. The summed E-state index contributed by atoms with van der Waals surface area (Å²) in [5, 5.41) is 26.1. The van der Waals surface area contributed by atoms with Gasteiger partial charge in [-0.3, -0.25) is 9.59 Å². The minimum absolute atomic E-state index is 0.000581. The summed E-state index contributed by atoms with van der Waals surface area (Å²) in [6.45, 7) is 17.3. The normalized spacial score (nSPS) is 45.3. The number of likely N-dealkylation sites (N-methyl/N-ethyl adjacent to an activating group) is 2. The third kappa shape index (κ3) is 8.91. The van der Waals surface area contributed by atoms with Crippen molar-refractivity contribution in [3.63, 3.8) is 0 Å². The zero-order chi connectivity index (χ0) is 36.6. The minimum atomic E-state index is -1.45. The summed E-state index contributed by atoms with van der Waals surface area (Å²) in [4.78, 5) is 30.4.